The molecule has 1 heterocycles. The van der Waals surface area contributed by atoms with Crippen molar-refractivity contribution in [3.8, 4) is 0 Å². The first kappa shape index (κ1) is 12.3. The predicted molar refractivity (Wildman–Crippen MR) is 68.5 cm³/mol. The van der Waals surface area contributed by atoms with Crippen LogP contribution >= 0.6 is 0 Å². The quantitative estimate of drug-likeness (QED) is 0.761. The van der Waals surface area contributed by atoms with E-state index in [0.717, 1.165) is 12.1 Å². The van der Waals surface area contributed by atoms with Crippen LogP contribution in [0.1, 0.15) is 45.4 Å². The molecule has 0 aromatic rings. The van der Waals surface area contributed by atoms with E-state index >= 15 is 0 Å². The molecule has 0 unspecified atom stereocenters. The number of piperidine rings is 1. The van der Waals surface area contributed by atoms with E-state index < -0.39 is 0 Å². The zero-order chi connectivity index (χ0) is 11.4. The average Bonchev–Trinajstić information content (AvgIpc) is 2.33. The fourth-order valence-electron chi connectivity index (χ4n) is 3.04. The van der Waals surface area contributed by atoms with E-state index in [0.29, 0.717) is 6.04 Å². The molecule has 0 spiro atoms. The molecule has 2 fully saturated rings. The molecule has 0 aromatic heterocycles. The minimum atomic E-state index is 0.472. The summed E-state index contributed by atoms with van der Waals surface area (Å²) >= 11 is 0. The number of likely N-dealkylation sites (tertiary alicyclic amines) is 1. The van der Waals surface area contributed by atoms with Crippen LogP contribution in [0.15, 0.2) is 0 Å². The molecule has 0 aromatic carbocycles. The van der Waals surface area contributed by atoms with Crippen LogP contribution in [0.5, 0.6) is 0 Å². The molecule has 0 atom stereocenters. The monoisotopic (exact) mass is 225 g/mol. The SMILES string of the molecule is CCN1CCC(NC2CCC(N)CC2)CC1. The molecule has 2 rings (SSSR count). The maximum atomic E-state index is 5.93. The second kappa shape index (κ2) is 5.99. The molecular weight excluding hydrogens is 198 g/mol. The van der Waals surface area contributed by atoms with Gasteiger partial charge in [-0.05, 0) is 58.2 Å². The van der Waals surface area contributed by atoms with E-state index in [4.69, 9.17) is 5.73 Å². The zero-order valence-corrected chi connectivity index (χ0v) is 10.6. The van der Waals surface area contributed by atoms with Crippen molar-refractivity contribution >= 4 is 0 Å². The van der Waals surface area contributed by atoms with Crippen LogP contribution in [0.4, 0.5) is 0 Å². The van der Waals surface area contributed by atoms with Gasteiger partial charge in [-0.1, -0.05) is 6.92 Å². The first-order chi connectivity index (χ1) is 7.78. The van der Waals surface area contributed by atoms with Crippen LogP contribution in [0.2, 0.25) is 0 Å². The van der Waals surface area contributed by atoms with Gasteiger partial charge in [0.15, 0.2) is 0 Å². The molecule has 0 amide bonds. The first-order valence-corrected chi connectivity index (χ1v) is 7.02. The Morgan fingerprint density at radius 3 is 2.12 bits per heavy atom. The van der Waals surface area contributed by atoms with Gasteiger partial charge in [-0.25, -0.2) is 0 Å². The maximum Gasteiger partial charge on any atom is 0.00940 e. The maximum absolute atomic E-state index is 5.93. The predicted octanol–water partition coefficient (Wildman–Crippen LogP) is 1.33. The Kier molecular flexibility index (Phi) is 4.62. The smallest absolute Gasteiger partial charge is 0.00940 e. The molecule has 1 aliphatic heterocycles. The van der Waals surface area contributed by atoms with Crippen molar-refractivity contribution in [2.24, 2.45) is 5.73 Å². The third-order valence-electron chi connectivity index (χ3n) is 4.28. The molecule has 0 radical (unpaired) electrons. The summed E-state index contributed by atoms with van der Waals surface area (Å²) in [6, 6.07) is 1.99. The van der Waals surface area contributed by atoms with Crippen molar-refractivity contribution in [2.75, 3.05) is 19.6 Å². The van der Waals surface area contributed by atoms with Gasteiger partial charge in [0, 0.05) is 18.1 Å². The van der Waals surface area contributed by atoms with Gasteiger partial charge < -0.3 is 16.0 Å². The van der Waals surface area contributed by atoms with Gasteiger partial charge in [-0.3, -0.25) is 0 Å². The van der Waals surface area contributed by atoms with E-state index in [-0.39, 0.29) is 0 Å². The average molecular weight is 225 g/mol. The molecule has 0 bridgehead atoms. The molecule has 1 aliphatic carbocycles. The number of nitrogens with zero attached hydrogens (tertiary/aromatic N) is 1. The highest BCUT2D eigenvalue weighted by molar-refractivity contribution is 4.84. The Balaban J connectivity index is 1.66. The highest BCUT2D eigenvalue weighted by Crippen LogP contribution is 2.19. The normalized spacial score (nSPS) is 34.1. The lowest BCUT2D eigenvalue weighted by molar-refractivity contribution is 0.189. The van der Waals surface area contributed by atoms with E-state index in [2.05, 4.69) is 17.1 Å². The fourth-order valence-corrected chi connectivity index (χ4v) is 3.04. The molecule has 3 heteroatoms. The topological polar surface area (TPSA) is 41.3 Å². The van der Waals surface area contributed by atoms with Crippen LogP contribution < -0.4 is 11.1 Å². The summed E-state index contributed by atoms with van der Waals surface area (Å²) in [6.45, 7) is 6.03. The van der Waals surface area contributed by atoms with Gasteiger partial charge in [-0.2, -0.15) is 0 Å². The minimum Gasteiger partial charge on any atom is -0.328 e. The Bertz CT molecular complexity index is 191. The number of rotatable bonds is 3. The molecule has 1 saturated heterocycles. The molecular formula is C13H27N3. The van der Waals surface area contributed by atoms with E-state index in [1.54, 1.807) is 0 Å². The van der Waals surface area contributed by atoms with Crippen molar-refractivity contribution < 1.29 is 0 Å². The Labute approximate surface area is 99.8 Å². The molecule has 3 nitrogen and oxygen atoms in total. The summed E-state index contributed by atoms with van der Waals surface area (Å²) in [5.41, 5.74) is 5.93. The van der Waals surface area contributed by atoms with Gasteiger partial charge in [0.25, 0.3) is 0 Å². The molecule has 3 N–H and O–H groups in total. The van der Waals surface area contributed by atoms with E-state index in [1.807, 2.05) is 0 Å². The van der Waals surface area contributed by atoms with Gasteiger partial charge >= 0.3 is 0 Å². The minimum absolute atomic E-state index is 0.472. The summed E-state index contributed by atoms with van der Waals surface area (Å²) in [6.07, 6.45) is 7.66. The van der Waals surface area contributed by atoms with Crippen molar-refractivity contribution in [1.82, 2.24) is 10.2 Å². The van der Waals surface area contributed by atoms with E-state index in [9.17, 15) is 0 Å². The molecule has 16 heavy (non-hydrogen) atoms. The number of hydrogen-bond acceptors (Lipinski definition) is 3. The van der Waals surface area contributed by atoms with Crippen LogP contribution in [0.25, 0.3) is 0 Å². The van der Waals surface area contributed by atoms with Gasteiger partial charge in [0.2, 0.25) is 0 Å². The van der Waals surface area contributed by atoms with Gasteiger partial charge in [0.05, 0.1) is 0 Å². The van der Waals surface area contributed by atoms with Gasteiger partial charge in [0.1, 0.15) is 0 Å². The number of nitrogens with two attached hydrogens (primary N) is 1. The van der Waals surface area contributed by atoms with Crippen molar-refractivity contribution in [3.05, 3.63) is 0 Å². The van der Waals surface area contributed by atoms with Crippen LogP contribution in [-0.4, -0.2) is 42.7 Å². The largest absolute Gasteiger partial charge is 0.328 e. The van der Waals surface area contributed by atoms with Crippen LogP contribution in [0.3, 0.4) is 0 Å². The summed E-state index contributed by atoms with van der Waals surface area (Å²) in [7, 11) is 0. The van der Waals surface area contributed by atoms with Crippen molar-refractivity contribution in [1.29, 1.82) is 0 Å². The number of nitrogens with one attached hydrogen (secondary N) is 1. The fraction of sp³-hybridized carbons (Fsp3) is 1.00. The molecule has 2 aliphatic rings. The van der Waals surface area contributed by atoms with E-state index in [1.165, 1.54) is 58.2 Å². The lowest BCUT2D eigenvalue weighted by Gasteiger charge is -2.36. The standard InChI is InChI=1S/C13H27N3/c1-2-16-9-7-13(8-10-16)15-12-5-3-11(14)4-6-12/h11-13,15H,2-10,14H2,1H3. The Hall–Kier alpha value is -0.120. The highest BCUT2D eigenvalue weighted by atomic mass is 15.1. The van der Waals surface area contributed by atoms with Crippen molar-refractivity contribution in [3.63, 3.8) is 0 Å². The Morgan fingerprint density at radius 2 is 1.56 bits per heavy atom. The summed E-state index contributed by atoms with van der Waals surface area (Å²) < 4.78 is 0. The Morgan fingerprint density at radius 1 is 1.00 bits per heavy atom. The lowest BCUT2D eigenvalue weighted by atomic mass is 9.90. The molecule has 94 valence electrons. The van der Waals surface area contributed by atoms with Gasteiger partial charge in [-0.15, -0.1) is 0 Å². The summed E-state index contributed by atoms with van der Waals surface area (Å²) in [5, 5.41) is 3.84. The molecule has 1 saturated carbocycles. The van der Waals surface area contributed by atoms with Crippen LogP contribution in [-0.2, 0) is 0 Å². The summed E-state index contributed by atoms with van der Waals surface area (Å²) in [4.78, 5) is 2.55. The van der Waals surface area contributed by atoms with Crippen LogP contribution in [0, 0.1) is 0 Å². The first-order valence-electron chi connectivity index (χ1n) is 7.02. The number of hydrogen-bond donors (Lipinski definition) is 2. The lowest BCUT2D eigenvalue weighted by Crippen LogP contribution is -2.47. The second-order valence-electron chi connectivity index (χ2n) is 5.49. The second-order valence-corrected chi connectivity index (χ2v) is 5.49. The third kappa shape index (κ3) is 3.44. The third-order valence-corrected chi connectivity index (χ3v) is 4.28. The van der Waals surface area contributed by atoms with Crippen molar-refractivity contribution in [2.45, 2.75) is 63.6 Å². The zero-order valence-electron chi connectivity index (χ0n) is 10.6. The highest BCUT2D eigenvalue weighted by Gasteiger charge is 2.23. The summed E-state index contributed by atoms with van der Waals surface area (Å²) in [5.74, 6) is 0.